The number of carbonyl (C=O) groups excluding carboxylic acids is 1. The van der Waals surface area contributed by atoms with E-state index in [0.29, 0.717) is 23.7 Å². The van der Waals surface area contributed by atoms with Crippen LogP contribution in [0.1, 0.15) is 23.5 Å². The van der Waals surface area contributed by atoms with Crippen molar-refractivity contribution in [1.29, 1.82) is 0 Å². The Kier molecular flexibility index (Phi) is 6.81. The van der Waals surface area contributed by atoms with Crippen LogP contribution < -0.4 is 5.32 Å². The maximum Gasteiger partial charge on any atom is 0.265 e. The Bertz CT molecular complexity index is 1420. The van der Waals surface area contributed by atoms with E-state index in [-0.39, 0.29) is 15.8 Å². The molecule has 0 radical (unpaired) electrons. The lowest BCUT2D eigenvalue weighted by molar-refractivity contribution is 0.103. The molecule has 6 nitrogen and oxygen atoms in total. The first-order valence-electron chi connectivity index (χ1n) is 10.4. The Morgan fingerprint density at radius 1 is 1.03 bits per heavy atom. The molecule has 0 saturated carbocycles. The molecule has 33 heavy (non-hydrogen) atoms. The number of thiophene rings is 1. The molecule has 2 aromatic carbocycles. The fourth-order valence-electron chi connectivity index (χ4n) is 3.49. The molecule has 0 fully saturated rings. The van der Waals surface area contributed by atoms with Crippen molar-refractivity contribution in [3.8, 4) is 11.1 Å². The number of sulfonamides is 1. The smallest absolute Gasteiger partial charge is 0.265 e. The number of benzene rings is 2. The molecule has 0 atom stereocenters. The van der Waals surface area contributed by atoms with Crippen LogP contribution >= 0.6 is 22.9 Å². The fraction of sp³-hybridized carbons (Fsp3) is 0.167. The molecular formula is C24H22ClN3O3S2. The second-order valence-electron chi connectivity index (χ2n) is 7.27. The van der Waals surface area contributed by atoms with E-state index in [9.17, 15) is 13.2 Å². The van der Waals surface area contributed by atoms with Gasteiger partial charge in [0.2, 0.25) is 10.0 Å². The van der Waals surface area contributed by atoms with Crippen LogP contribution in [0.3, 0.4) is 0 Å². The van der Waals surface area contributed by atoms with E-state index in [1.807, 2.05) is 36.4 Å². The summed E-state index contributed by atoms with van der Waals surface area (Å²) in [5, 5.41) is 2.89. The van der Waals surface area contributed by atoms with Gasteiger partial charge in [-0.15, -0.1) is 11.3 Å². The summed E-state index contributed by atoms with van der Waals surface area (Å²) < 4.78 is 28.0. The molecule has 0 bridgehead atoms. The molecule has 0 aliphatic heterocycles. The molecule has 0 spiro atoms. The molecule has 4 rings (SSSR count). The predicted molar refractivity (Wildman–Crippen MR) is 135 cm³/mol. The number of nitrogens with one attached hydrogen (secondary N) is 1. The van der Waals surface area contributed by atoms with Crippen LogP contribution in [0.2, 0.25) is 5.02 Å². The van der Waals surface area contributed by atoms with Crippen LogP contribution in [0.25, 0.3) is 21.3 Å². The number of amides is 1. The van der Waals surface area contributed by atoms with Gasteiger partial charge in [0.15, 0.2) is 0 Å². The van der Waals surface area contributed by atoms with Crippen molar-refractivity contribution in [3.05, 3.63) is 76.8 Å². The largest absolute Gasteiger partial charge is 0.321 e. The Labute approximate surface area is 201 Å². The summed E-state index contributed by atoms with van der Waals surface area (Å²) in [4.78, 5) is 17.8. The Balaban J connectivity index is 1.61. The van der Waals surface area contributed by atoms with Gasteiger partial charge in [-0.1, -0.05) is 55.8 Å². The van der Waals surface area contributed by atoms with Crippen LogP contribution in [0.4, 0.5) is 5.69 Å². The van der Waals surface area contributed by atoms with Crippen LogP contribution in [-0.2, 0) is 10.0 Å². The summed E-state index contributed by atoms with van der Waals surface area (Å²) in [7, 11) is -3.76. The lowest BCUT2D eigenvalue weighted by atomic mass is 10.1. The number of fused-ring (bicyclic) bond motifs is 1. The van der Waals surface area contributed by atoms with Crippen molar-refractivity contribution in [1.82, 2.24) is 9.29 Å². The summed E-state index contributed by atoms with van der Waals surface area (Å²) >= 11 is 7.52. The third-order valence-corrected chi connectivity index (χ3v) is 8.81. The maximum absolute atomic E-state index is 12.9. The van der Waals surface area contributed by atoms with Crippen LogP contribution in [0, 0.1) is 0 Å². The van der Waals surface area contributed by atoms with Gasteiger partial charge in [-0.3, -0.25) is 9.78 Å². The molecule has 1 amide bonds. The molecule has 2 aromatic heterocycles. The van der Waals surface area contributed by atoms with Crippen molar-refractivity contribution in [2.24, 2.45) is 0 Å². The quantitative estimate of drug-likeness (QED) is 0.343. The molecule has 4 aromatic rings. The lowest BCUT2D eigenvalue weighted by Crippen LogP contribution is -2.30. The normalized spacial score (nSPS) is 11.8. The number of nitrogens with zero attached hydrogens (tertiary/aromatic N) is 2. The first-order valence-corrected chi connectivity index (χ1v) is 13.0. The van der Waals surface area contributed by atoms with E-state index in [1.54, 1.807) is 32.2 Å². The van der Waals surface area contributed by atoms with Gasteiger partial charge in [0.1, 0.15) is 4.90 Å². The summed E-state index contributed by atoms with van der Waals surface area (Å²) in [6, 6.07) is 18.1. The second-order valence-corrected chi connectivity index (χ2v) is 10.7. The average molecular weight is 500 g/mol. The zero-order valence-corrected chi connectivity index (χ0v) is 20.5. The van der Waals surface area contributed by atoms with Crippen molar-refractivity contribution >= 4 is 54.8 Å². The van der Waals surface area contributed by atoms with E-state index in [4.69, 9.17) is 11.6 Å². The number of anilines is 1. The van der Waals surface area contributed by atoms with Gasteiger partial charge < -0.3 is 5.32 Å². The number of pyridine rings is 1. The lowest BCUT2D eigenvalue weighted by Gasteiger charge is -2.19. The number of halogens is 1. The first kappa shape index (κ1) is 23.4. The molecule has 170 valence electrons. The highest BCUT2D eigenvalue weighted by Crippen LogP contribution is 2.31. The van der Waals surface area contributed by atoms with Gasteiger partial charge in [-0.2, -0.15) is 4.31 Å². The molecule has 9 heteroatoms. The van der Waals surface area contributed by atoms with Crippen molar-refractivity contribution < 1.29 is 13.2 Å². The van der Waals surface area contributed by atoms with Gasteiger partial charge in [-0.25, -0.2) is 8.42 Å². The number of hydrogen-bond donors (Lipinski definition) is 1. The van der Waals surface area contributed by atoms with Gasteiger partial charge in [0.05, 0.1) is 20.1 Å². The van der Waals surface area contributed by atoms with E-state index >= 15 is 0 Å². The number of rotatable bonds is 7. The zero-order chi connectivity index (χ0) is 23.6. The van der Waals surface area contributed by atoms with E-state index < -0.39 is 10.0 Å². The van der Waals surface area contributed by atoms with Crippen LogP contribution in [-0.4, -0.2) is 36.7 Å². The summed E-state index contributed by atoms with van der Waals surface area (Å²) in [5.41, 5.74) is 3.10. The summed E-state index contributed by atoms with van der Waals surface area (Å²) in [5.74, 6) is -0.340. The number of carbonyl (C=O) groups is 1. The Morgan fingerprint density at radius 2 is 1.76 bits per heavy atom. The van der Waals surface area contributed by atoms with Crippen molar-refractivity contribution in [2.45, 2.75) is 18.7 Å². The first-order chi connectivity index (χ1) is 15.8. The van der Waals surface area contributed by atoms with Gasteiger partial charge in [0, 0.05) is 30.5 Å². The molecular weight excluding hydrogens is 478 g/mol. The van der Waals surface area contributed by atoms with Crippen molar-refractivity contribution in [3.63, 3.8) is 0 Å². The van der Waals surface area contributed by atoms with Crippen molar-refractivity contribution in [2.75, 3.05) is 18.4 Å². The zero-order valence-electron chi connectivity index (χ0n) is 18.1. The molecule has 0 saturated heterocycles. The minimum atomic E-state index is -3.76. The minimum absolute atomic E-state index is 0.0313. The molecule has 0 aliphatic rings. The fourth-order valence-corrected chi connectivity index (χ4v) is 6.40. The highest BCUT2D eigenvalue weighted by atomic mass is 35.5. The standard InChI is InChI=1S/C24H22ClN3O3S2/c1-3-28(4-2)33(30,31)23-13-18(10-11-19(23)25)27-24(29)22-14-20-21(32-22)12-17(15-26-20)16-8-6-5-7-9-16/h5-15H,3-4H2,1-2H3,(H,27,29). The number of hydrogen-bond acceptors (Lipinski definition) is 5. The molecule has 1 N–H and O–H groups in total. The van der Waals surface area contributed by atoms with E-state index in [2.05, 4.69) is 10.3 Å². The Hall–Kier alpha value is -2.78. The van der Waals surface area contributed by atoms with E-state index in [1.165, 1.54) is 27.8 Å². The second kappa shape index (κ2) is 9.61. The van der Waals surface area contributed by atoms with Crippen LogP contribution in [0.15, 0.2) is 71.8 Å². The van der Waals surface area contributed by atoms with Crippen LogP contribution in [0.5, 0.6) is 0 Å². The number of aromatic nitrogens is 1. The third-order valence-electron chi connectivity index (χ3n) is 5.21. The monoisotopic (exact) mass is 499 g/mol. The van der Waals surface area contributed by atoms with Gasteiger partial charge in [-0.05, 0) is 35.9 Å². The summed E-state index contributed by atoms with van der Waals surface area (Å²) in [6.45, 7) is 4.18. The minimum Gasteiger partial charge on any atom is -0.321 e. The Morgan fingerprint density at radius 3 is 2.45 bits per heavy atom. The van der Waals surface area contributed by atoms with E-state index in [0.717, 1.165) is 21.3 Å². The topological polar surface area (TPSA) is 79.4 Å². The highest BCUT2D eigenvalue weighted by Gasteiger charge is 2.25. The molecule has 2 heterocycles. The third kappa shape index (κ3) is 4.79. The SMILES string of the molecule is CCN(CC)S(=O)(=O)c1cc(NC(=O)c2cc3ncc(-c4ccccc4)cc3s2)ccc1Cl. The highest BCUT2D eigenvalue weighted by molar-refractivity contribution is 7.89. The van der Waals surface area contributed by atoms with Gasteiger partial charge >= 0.3 is 0 Å². The predicted octanol–water partition coefficient (Wildman–Crippen LogP) is 5.90. The molecule has 0 aliphatic carbocycles. The average Bonchev–Trinajstić information content (AvgIpc) is 3.25. The maximum atomic E-state index is 12.9. The van der Waals surface area contributed by atoms with Gasteiger partial charge in [0.25, 0.3) is 5.91 Å². The molecule has 0 unspecified atom stereocenters. The summed E-state index contributed by atoms with van der Waals surface area (Å²) in [6.07, 6.45) is 1.79.